The monoisotopic (exact) mass is 228 g/mol. The van der Waals surface area contributed by atoms with Crippen molar-refractivity contribution in [2.24, 2.45) is 0 Å². The molecule has 1 fully saturated rings. The van der Waals surface area contributed by atoms with Gasteiger partial charge in [0.25, 0.3) is 0 Å². The fourth-order valence-corrected chi connectivity index (χ4v) is 1.73. The molecule has 0 aromatic rings. The molecule has 1 unspecified atom stereocenters. The van der Waals surface area contributed by atoms with Crippen LogP contribution in [0.5, 0.6) is 0 Å². The zero-order valence-corrected chi connectivity index (χ0v) is 9.88. The first-order valence-corrected chi connectivity index (χ1v) is 5.73. The molecule has 0 bridgehead atoms. The molecule has 1 atom stereocenters. The van der Waals surface area contributed by atoms with E-state index in [2.05, 4.69) is 16.0 Å². The van der Waals surface area contributed by atoms with Crippen molar-refractivity contribution in [3.63, 3.8) is 0 Å². The molecule has 92 valence electrons. The molecular formula is C10H20N4O2. The second-order valence-corrected chi connectivity index (χ2v) is 3.64. The summed E-state index contributed by atoms with van der Waals surface area (Å²) in [4.78, 5) is 25.1. The minimum atomic E-state index is -0.403. The van der Waals surface area contributed by atoms with Crippen LogP contribution in [0.2, 0.25) is 0 Å². The van der Waals surface area contributed by atoms with Crippen molar-refractivity contribution in [3.05, 3.63) is 0 Å². The Morgan fingerprint density at radius 2 is 2.00 bits per heavy atom. The number of hydrogen-bond donors (Lipinski definition) is 3. The van der Waals surface area contributed by atoms with Crippen molar-refractivity contribution in [3.8, 4) is 0 Å². The van der Waals surface area contributed by atoms with Crippen LogP contribution in [0, 0.1) is 0 Å². The van der Waals surface area contributed by atoms with Crippen LogP contribution in [0.3, 0.4) is 0 Å². The van der Waals surface area contributed by atoms with Gasteiger partial charge in [-0.05, 0) is 13.8 Å². The molecule has 0 aliphatic carbocycles. The Kier molecular flexibility index (Phi) is 5.04. The Labute approximate surface area is 95.8 Å². The lowest BCUT2D eigenvalue weighted by atomic mass is 10.2. The number of amides is 3. The van der Waals surface area contributed by atoms with Gasteiger partial charge in [0.2, 0.25) is 5.91 Å². The lowest BCUT2D eigenvalue weighted by Gasteiger charge is -2.34. The highest BCUT2D eigenvalue weighted by molar-refractivity contribution is 5.87. The Hall–Kier alpha value is -1.30. The Morgan fingerprint density at radius 1 is 1.31 bits per heavy atom. The number of nitrogens with one attached hydrogen (secondary N) is 3. The second-order valence-electron chi connectivity index (χ2n) is 3.64. The topological polar surface area (TPSA) is 73.5 Å². The molecule has 0 radical (unpaired) electrons. The van der Waals surface area contributed by atoms with Crippen LogP contribution in [0.25, 0.3) is 0 Å². The first-order valence-electron chi connectivity index (χ1n) is 5.73. The number of urea groups is 1. The maximum absolute atomic E-state index is 11.7. The van der Waals surface area contributed by atoms with Crippen molar-refractivity contribution in [2.75, 3.05) is 32.7 Å². The summed E-state index contributed by atoms with van der Waals surface area (Å²) in [5.41, 5.74) is 0. The van der Waals surface area contributed by atoms with Gasteiger partial charge in [-0.2, -0.15) is 0 Å². The summed E-state index contributed by atoms with van der Waals surface area (Å²) in [6.45, 7) is 6.69. The third kappa shape index (κ3) is 3.10. The Balaban J connectivity index is 2.63. The first-order chi connectivity index (χ1) is 7.70. The number of piperazine rings is 1. The van der Waals surface area contributed by atoms with E-state index >= 15 is 0 Å². The average molecular weight is 228 g/mol. The average Bonchev–Trinajstić information content (AvgIpc) is 2.30. The van der Waals surface area contributed by atoms with Crippen LogP contribution in [0.4, 0.5) is 4.79 Å². The fraction of sp³-hybridized carbons (Fsp3) is 0.800. The highest BCUT2D eigenvalue weighted by Gasteiger charge is 2.31. The number of carbonyl (C=O) groups excluding carboxylic acids is 2. The zero-order valence-electron chi connectivity index (χ0n) is 9.88. The first kappa shape index (κ1) is 12.8. The minimum Gasteiger partial charge on any atom is -0.355 e. The molecule has 1 rings (SSSR count). The molecule has 1 heterocycles. The molecule has 0 saturated carbocycles. The fourth-order valence-electron chi connectivity index (χ4n) is 1.73. The highest BCUT2D eigenvalue weighted by atomic mass is 16.2. The molecule has 1 saturated heterocycles. The van der Waals surface area contributed by atoms with Gasteiger partial charge >= 0.3 is 6.03 Å². The molecule has 1 aliphatic heterocycles. The number of carbonyl (C=O) groups is 2. The predicted octanol–water partition coefficient (Wildman–Crippen LogP) is -0.874. The number of rotatable bonds is 3. The van der Waals surface area contributed by atoms with Crippen molar-refractivity contribution in [1.29, 1.82) is 0 Å². The molecular weight excluding hydrogens is 208 g/mol. The lowest BCUT2D eigenvalue weighted by Crippen LogP contribution is -2.61. The van der Waals surface area contributed by atoms with E-state index in [-0.39, 0.29) is 11.9 Å². The molecule has 0 spiro atoms. The lowest BCUT2D eigenvalue weighted by molar-refractivity contribution is -0.125. The van der Waals surface area contributed by atoms with Crippen LogP contribution in [0.1, 0.15) is 13.8 Å². The van der Waals surface area contributed by atoms with Crippen molar-refractivity contribution >= 4 is 11.9 Å². The van der Waals surface area contributed by atoms with Crippen molar-refractivity contribution in [1.82, 2.24) is 20.9 Å². The molecule has 16 heavy (non-hydrogen) atoms. The standard InChI is InChI=1S/C10H20N4O2/c1-3-12-9(15)8-7-11-5-6-14(8)10(16)13-4-2/h8,11H,3-7H2,1-2H3,(H,12,15)(H,13,16). The van der Waals surface area contributed by atoms with Crippen molar-refractivity contribution in [2.45, 2.75) is 19.9 Å². The van der Waals surface area contributed by atoms with Gasteiger partial charge in [0.1, 0.15) is 6.04 Å². The van der Waals surface area contributed by atoms with Gasteiger partial charge in [-0.1, -0.05) is 0 Å². The molecule has 3 N–H and O–H groups in total. The van der Waals surface area contributed by atoms with E-state index < -0.39 is 6.04 Å². The zero-order chi connectivity index (χ0) is 12.0. The largest absolute Gasteiger partial charge is 0.355 e. The molecule has 0 aromatic carbocycles. The number of hydrogen-bond acceptors (Lipinski definition) is 3. The predicted molar refractivity (Wildman–Crippen MR) is 61.1 cm³/mol. The SMILES string of the molecule is CCNC(=O)C1CNCCN1C(=O)NCC. The summed E-state index contributed by atoms with van der Waals surface area (Å²) < 4.78 is 0. The third-order valence-electron chi connectivity index (χ3n) is 2.49. The van der Waals surface area contributed by atoms with Gasteiger partial charge in [-0.25, -0.2) is 4.79 Å². The normalized spacial score (nSPS) is 20.4. The summed E-state index contributed by atoms with van der Waals surface area (Å²) in [7, 11) is 0. The van der Waals surface area contributed by atoms with Gasteiger partial charge in [0.05, 0.1) is 0 Å². The van der Waals surface area contributed by atoms with E-state index in [1.807, 2.05) is 13.8 Å². The van der Waals surface area contributed by atoms with E-state index in [1.165, 1.54) is 0 Å². The van der Waals surface area contributed by atoms with Gasteiger partial charge in [-0.3, -0.25) is 4.79 Å². The van der Waals surface area contributed by atoms with Gasteiger partial charge in [0, 0.05) is 32.7 Å². The summed E-state index contributed by atoms with van der Waals surface area (Å²) in [6.07, 6.45) is 0. The quantitative estimate of drug-likeness (QED) is 0.587. The maximum atomic E-state index is 11.7. The highest BCUT2D eigenvalue weighted by Crippen LogP contribution is 2.03. The van der Waals surface area contributed by atoms with E-state index in [0.29, 0.717) is 26.2 Å². The van der Waals surface area contributed by atoms with E-state index in [1.54, 1.807) is 4.90 Å². The summed E-state index contributed by atoms with van der Waals surface area (Å²) in [6, 6.07) is -0.569. The van der Waals surface area contributed by atoms with E-state index in [9.17, 15) is 9.59 Å². The third-order valence-corrected chi connectivity index (χ3v) is 2.49. The molecule has 6 nitrogen and oxygen atoms in total. The molecule has 3 amide bonds. The summed E-state index contributed by atoms with van der Waals surface area (Å²) >= 11 is 0. The van der Waals surface area contributed by atoms with E-state index in [4.69, 9.17) is 0 Å². The van der Waals surface area contributed by atoms with Crippen LogP contribution in [0.15, 0.2) is 0 Å². The van der Waals surface area contributed by atoms with Gasteiger partial charge in [0.15, 0.2) is 0 Å². The Morgan fingerprint density at radius 3 is 2.62 bits per heavy atom. The van der Waals surface area contributed by atoms with Crippen LogP contribution in [-0.4, -0.2) is 55.6 Å². The Bertz CT molecular complexity index is 231. The second kappa shape index (κ2) is 6.32. The van der Waals surface area contributed by atoms with Gasteiger partial charge in [-0.15, -0.1) is 0 Å². The van der Waals surface area contributed by atoms with Gasteiger partial charge < -0.3 is 20.9 Å². The summed E-state index contributed by atoms with van der Waals surface area (Å²) in [5.74, 6) is -0.0963. The number of nitrogens with zero attached hydrogens (tertiary/aromatic N) is 1. The summed E-state index contributed by atoms with van der Waals surface area (Å²) in [5, 5.41) is 8.58. The van der Waals surface area contributed by atoms with Crippen molar-refractivity contribution < 1.29 is 9.59 Å². The van der Waals surface area contributed by atoms with E-state index in [0.717, 1.165) is 6.54 Å². The van der Waals surface area contributed by atoms with Crippen LogP contribution >= 0.6 is 0 Å². The number of likely N-dealkylation sites (N-methyl/N-ethyl adjacent to an activating group) is 1. The minimum absolute atomic E-state index is 0.0963. The molecule has 6 heteroatoms. The van der Waals surface area contributed by atoms with Crippen LogP contribution in [-0.2, 0) is 4.79 Å². The maximum Gasteiger partial charge on any atom is 0.318 e. The smallest absolute Gasteiger partial charge is 0.318 e. The molecule has 1 aliphatic rings. The van der Waals surface area contributed by atoms with Crippen LogP contribution < -0.4 is 16.0 Å². The molecule has 0 aromatic heterocycles.